The molecule has 0 atom stereocenters. The Hall–Kier alpha value is -2.03. The zero-order valence-corrected chi connectivity index (χ0v) is 11.9. The fraction of sp³-hybridized carbons (Fsp3) is 0.353. The predicted molar refractivity (Wildman–Crippen MR) is 78.8 cm³/mol. The van der Waals surface area contributed by atoms with Crippen LogP contribution in [-0.2, 0) is 6.42 Å². The lowest BCUT2D eigenvalue weighted by Gasteiger charge is -2.09. The molecule has 20 heavy (non-hydrogen) atoms. The van der Waals surface area contributed by atoms with Gasteiger partial charge in [-0.05, 0) is 38.7 Å². The zero-order chi connectivity index (χ0) is 14.1. The molecular formula is C17H18N2O. The van der Waals surface area contributed by atoms with Crippen LogP contribution >= 0.6 is 0 Å². The van der Waals surface area contributed by atoms with E-state index in [0.717, 1.165) is 41.9 Å². The van der Waals surface area contributed by atoms with Crippen LogP contribution in [0.1, 0.15) is 46.4 Å². The van der Waals surface area contributed by atoms with Crippen LogP contribution in [0.5, 0.6) is 0 Å². The standard InChI is InChI=1S/C17H18N2O/c1-11-7-8-13(12(2)9-11)17-18-10-14-15(19-17)5-3-4-6-16(14)20/h7-10H,3-6H2,1-2H3. The summed E-state index contributed by atoms with van der Waals surface area (Å²) in [5, 5.41) is 0. The topological polar surface area (TPSA) is 42.9 Å². The van der Waals surface area contributed by atoms with Gasteiger partial charge in [0, 0.05) is 18.2 Å². The number of rotatable bonds is 1. The number of carbonyl (C=O) groups excluding carboxylic acids is 1. The molecule has 1 aromatic carbocycles. The van der Waals surface area contributed by atoms with Gasteiger partial charge in [-0.25, -0.2) is 9.97 Å². The molecule has 0 N–H and O–H groups in total. The number of Topliss-reactive ketones (excluding diaryl/α,β-unsaturated/α-hetero) is 1. The lowest BCUT2D eigenvalue weighted by atomic mass is 10.0. The van der Waals surface area contributed by atoms with Gasteiger partial charge in [0.1, 0.15) is 0 Å². The van der Waals surface area contributed by atoms with Gasteiger partial charge in [0.2, 0.25) is 0 Å². The quantitative estimate of drug-likeness (QED) is 0.740. The van der Waals surface area contributed by atoms with Crippen LogP contribution < -0.4 is 0 Å². The molecule has 0 aliphatic heterocycles. The highest BCUT2D eigenvalue weighted by molar-refractivity contribution is 5.97. The first-order valence-electron chi connectivity index (χ1n) is 7.12. The van der Waals surface area contributed by atoms with E-state index in [0.29, 0.717) is 6.42 Å². The third-order valence-corrected chi connectivity index (χ3v) is 3.86. The van der Waals surface area contributed by atoms with E-state index in [1.807, 2.05) is 0 Å². The number of benzene rings is 1. The number of aryl methyl sites for hydroxylation is 3. The third kappa shape index (κ3) is 2.36. The molecule has 0 fully saturated rings. The number of nitrogens with zero attached hydrogens (tertiary/aromatic N) is 2. The van der Waals surface area contributed by atoms with E-state index in [9.17, 15) is 4.79 Å². The Bertz CT molecular complexity index is 677. The van der Waals surface area contributed by atoms with Crippen LogP contribution in [0.3, 0.4) is 0 Å². The maximum atomic E-state index is 12.0. The largest absolute Gasteiger partial charge is 0.294 e. The number of hydrogen-bond donors (Lipinski definition) is 0. The number of hydrogen-bond acceptors (Lipinski definition) is 3. The molecule has 0 saturated carbocycles. The Morgan fingerprint density at radius 3 is 2.65 bits per heavy atom. The van der Waals surface area contributed by atoms with Gasteiger partial charge >= 0.3 is 0 Å². The summed E-state index contributed by atoms with van der Waals surface area (Å²) in [6.45, 7) is 4.15. The lowest BCUT2D eigenvalue weighted by molar-refractivity contribution is 0.0981. The van der Waals surface area contributed by atoms with Crippen molar-refractivity contribution < 1.29 is 4.79 Å². The van der Waals surface area contributed by atoms with Crippen LogP contribution in [0.4, 0.5) is 0 Å². The van der Waals surface area contributed by atoms with Crippen molar-refractivity contribution in [1.29, 1.82) is 0 Å². The van der Waals surface area contributed by atoms with Crippen LogP contribution in [0.15, 0.2) is 24.4 Å². The SMILES string of the molecule is Cc1ccc(-c2ncc3c(n2)CCCCC3=O)c(C)c1. The number of fused-ring (bicyclic) bond motifs is 1. The molecule has 0 bridgehead atoms. The van der Waals surface area contributed by atoms with E-state index in [-0.39, 0.29) is 5.78 Å². The first-order valence-corrected chi connectivity index (χ1v) is 7.12. The van der Waals surface area contributed by atoms with Crippen molar-refractivity contribution >= 4 is 5.78 Å². The minimum atomic E-state index is 0.185. The average molecular weight is 266 g/mol. The van der Waals surface area contributed by atoms with Gasteiger partial charge in [0.15, 0.2) is 11.6 Å². The molecule has 2 aromatic rings. The van der Waals surface area contributed by atoms with Crippen LogP contribution in [-0.4, -0.2) is 15.8 Å². The molecule has 0 radical (unpaired) electrons. The maximum Gasteiger partial charge on any atom is 0.166 e. The molecule has 0 unspecified atom stereocenters. The Morgan fingerprint density at radius 1 is 1.05 bits per heavy atom. The van der Waals surface area contributed by atoms with Gasteiger partial charge in [-0.15, -0.1) is 0 Å². The molecule has 1 aromatic heterocycles. The number of ketones is 1. The Balaban J connectivity index is 2.08. The molecular weight excluding hydrogens is 248 g/mol. The van der Waals surface area contributed by atoms with Crippen molar-refractivity contribution in [1.82, 2.24) is 9.97 Å². The van der Waals surface area contributed by atoms with Gasteiger partial charge in [0.05, 0.1) is 11.3 Å². The van der Waals surface area contributed by atoms with Crippen LogP contribution in [0.2, 0.25) is 0 Å². The monoisotopic (exact) mass is 266 g/mol. The molecule has 1 aliphatic carbocycles. The summed E-state index contributed by atoms with van der Waals surface area (Å²) < 4.78 is 0. The highest BCUT2D eigenvalue weighted by Crippen LogP contribution is 2.24. The second-order valence-corrected chi connectivity index (χ2v) is 5.50. The van der Waals surface area contributed by atoms with Crippen molar-refractivity contribution in [3.8, 4) is 11.4 Å². The Morgan fingerprint density at radius 2 is 1.85 bits per heavy atom. The van der Waals surface area contributed by atoms with E-state index in [4.69, 9.17) is 0 Å². The maximum absolute atomic E-state index is 12.0. The number of carbonyl (C=O) groups is 1. The Kier molecular flexibility index (Phi) is 3.35. The summed E-state index contributed by atoms with van der Waals surface area (Å²) in [6.07, 6.45) is 5.20. The van der Waals surface area contributed by atoms with Crippen LogP contribution in [0, 0.1) is 13.8 Å². The minimum absolute atomic E-state index is 0.185. The second-order valence-electron chi connectivity index (χ2n) is 5.50. The molecule has 0 spiro atoms. The molecule has 1 aliphatic rings. The molecule has 0 amide bonds. The van der Waals surface area contributed by atoms with Crippen molar-refractivity contribution in [2.75, 3.05) is 0 Å². The lowest BCUT2D eigenvalue weighted by Crippen LogP contribution is -2.05. The Labute approximate surface area is 119 Å². The molecule has 3 nitrogen and oxygen atoms in total. The molecule has 3 heteroatoms. The van der Waals surface area contributed by atoms with Crippen molar-refractivity contribution in [2.45, 2.75) is 39.5 Å². The van der Waals surface area contributed by atoms with Gasteiger partial charge < -0.3 is 0 Å². The highest BCUT2D eigenvalue weighted by Gasteiger charge is 2.18. The van der Waals surface area contributed by atoms with Crippen molar-refractivity contribution in [3.63, 3.8) is 0 Å². The van der Waals surface area contributed by atoms with Crippen molar-refractivity contribution in [3.05, 3.63) is 46.8 Å². The predicted octanol–water partition coefficient (Wildman–Crippen LogP) is 3.67. The smallest absolute Gasteiger partial charge is 0.166 e. The summed E-state index contributed by atoms with van der Waals surface area (Å²) in [7, 11) is 0. The van der Waals surface area contributed by atoms with E-state index >= 15 is 0 Å². The summed E-state index contributed by atoms with van der Waals surface area (Å²) in [5.41, 5.74) is 5.09. The molecule has 1 heterocycles. The molecule has 102 valence electrons. The zero-order valence-electron chi connectivity index (χ0n) is 11.9. The average Bonchev–Trinajstić information content (AvgIpc) is 2.60. The van der Waals surface area contributed by atoms with Gasteiger partial charge in [-0.1, -0.05) is 23.8 Å². The van der Waals surface area contributed by atoms with Gasteiger partial charge in [0.25, 0.3) is 0 Å². The summed E-state index contributed by atoms with van der Waals surface area (Å²) in [6, 6.07) is 6.27. The summed E-state index contributed by atoms with van der Waals surface area (Å²) in [5.74, 6) is 0.917. The third-order valence-electron chi connectivity index (χ3n) is 3.86. The summed E-state index contributed by atoms with van der Waals surface area (Å²) in [4.78, 5) is 21.1. The number of aromatic nitrogens is 2. The van der Waals surface area contributed by atoms with E-state index in [2.05, 4.69) is 42.0 Å². The fourth-order valence-corrected chi connectivity index (χ4v) is 2.75. The van der Waals surface area contributed by atoms with E-state index in [1.54, 1.807) is 6.20 Å². The molecule has 3 rings (SSSR count). The highest BCUT2D eigenvalue weighted by atomic mass is 16.1. The first kappa shape index (κ1) is 13.0. The van der Waals surface area contributed by atoms with Crippen molar-refractivity contribution in [2.24, 2.45) is 0 Å². The van der Waals surface area contributed by atoms with E-state index in [1.165, 1.54) is 11.1 Å². The first-order chi connectivity index (χ1) is 9.65. The van der Waals surface area contributed by atoms with Gasteiger partial charge in [-0.3, -0.25) is 4.79 Å². The van der Waals surface area contributed by atoms with E-state index < -0.39 is 0 Å². The minimum Gasteiger partial charge on any atom is -0.294 e. The fourth-order valence-electron chi connectivity index (χ4n) is 2.75. The van der Waals surface area contributed by atoms with Gasteiger partial charge in [-0.2, -0.15) is 0 Å². The van der Waals surface area contributed by atoms with Crippen LogP contribution in [0.25, 0.3) is 11.4 Å². The molecule has 0 saturated heterocycles. The second kappa shape index (κ2) is 5.16. The normalized spacial score (nSPS) is 14.8. The summed E-state index contributed by atoms with van der Waals surface area (Å²) >= 11 is 0.